The lowest BCUT2D eigenvalue weighted by Gasteiger charge is -2.21. The number of hydrogen-bond acceptors (Lipinski definition) is 4. The lowest BCUT2D eigenvalue weighted by Crippen LogP contribution is -2.40. The summed E-state index contributed by atoms with van der Waals surface area (Å²) in [5, 5.41) is 12.5. The van der Waals surface area contributed by atoms with Gasteiger partial charge in [0.2, 0.25) is 0 Å². The Kier molecular flexibility index (Phi) is 4.41. The number of nitrogens with zero attached hydrogens (tertiary/aromatic N) is 3. The number of benzene rings is 1. The van der Waals surface area contributed by atoms with E-state index in [4.69, 9.17) is 0 Å². The van der Waals surface area contributed by atoms with E-state index < -0.39 is 11.2 Å². The molecular formula is C17H20N4O2. The van der Waals surface area contributed by atoms with Crippen LogP contribution in [0.15, 0.2) is 27.8 Å². The maximum Gasteiger partial charge on any atom is 0.332 e. The van der Waals surface area contributed by atoms with Crippen molar-refractivity contribution in [2.75, 3.05) is 5.32 Å². The summed E-state index contributed by atoms with van der Waals surface area (Å²) in [5.74, 6) is 0.244. The van der Waals surface area contributed by atoms with Crippen LogP contribution in [-0.2, 0) is 14.1 Å². The third-order valence-electron chi connectivity index (χ3n) is 4.24. The first-order chi connectivity index (χ1) is 10.8. The van der Waals surface area contributed by atoms with Crippen LogP contribution in [0.1, 0.15) is 35.2 Å². The largest absolute Gasteiger partial charge is 0.364 e. The molecule has 0 aliphatic rings. The number of hydrogen-bond donors (Lipinski definition) is 1. The van der Waals surface area contributed by atoms with Crippen molar-refractivity contribution >= 4 is 5.82 Å². The molecule has 0 radical (unpaired) electrons. The summed E-state index contributed by atoms with van der Waals surface area (Å²) in [5.41, 5.74) is 2.24. The van der Waals surface area contributed by atoms with Gasteiger partial charge in [-0.25, -0.2) is 4.79 Å². The second kappa shape index (κ2) is 6.13. The zero-order valence-corrected chi connectivity index (χ0v) is 14.0. The molecule has 0 fully saturated rings. The molecular weight excluding hydrogens is 292 g/mol. The molecule has 0 aliphatic carbocycles. The Morgan fingerprint density at radius 2 is 1.83 bits per heavy atom. The van der Waals surface area contributed by atoms with Crippen molar-refractivity contribution < 1.29 is 0 Å². The fourth-order valence-corrected chi connectivity index (χ4v) is 2.64. The number of nitrogens with one attached hydrogen (secondary N) is 1. The SMILES string of the molecule is Cc1cccc(C(C)Nc2c(C#N)c(=O)n(C)c(=O)n2C)c1C. The Balaban J connectivity index is 2.57. The van der Waals surface area contributed by atoms with Crippen LogP contribution in [0.5, 0.6) is 0 Å². The van der Waals surface area contributed by atoms with E-state index in [2.05, 4.69) is 5.32 Å². The standard InChI is InChI=1S/C17H20N4O2/c1-10-7-6-8-13(11(10)2)12(3)19-15-14(9-18)16(22)21(5)17(23)20(15)4/h6-8,12,19H,1-5H3. The van der Waals surface area contributed by atoms with Crippen LogP contribution in [0.3, 0.4) is 0 Å². The van der Waals surface area contributed by atoms with Gasteiger partial charge in [-0.2, -0.15) is 5.26 Å². The predicted molar refractivity (Wildman–Crippen MR) is 89.6 cm³/mol. The Bertz CT molecular complexity index is 916. The van der Waals surface area contributed by atoms with Crippen molar-refractivity contribution in [3.63, 3.8) is 0 Å². The van der Waals surface area contributed by atoms with E-state index in [-0.39, 0.29) is 17.4 Å². The van der Waals surface area contributed by atoms with E-state index >= 15 is 0 Å². The normalized spacial score (nSPS) is 11.8. The van der Waals surface area contributed by atoms with Gasteiger partial charge in [0.1, 0.15) is 11.9 Å². The summed E-state index contributed by atoms with van der Waals surface area (Å²) in [7, 11) is 2.91. The quantitative estimate of drug-likeness (QED) is 0.936. The molecule has 0 aliphatic heterocycles. The Hall–Kier alpha value is -2.81. The van der Waals surface area contributed by atoms with Crippen LogP contribution < -0.4 is 16.6 Å². The van der Waals surface area contributed by atoms with Gasteiger partial charge in [0.15, 0.2) is 5.56 Å². The van der Waals surface area contributed by atoms with Crippen LogP contribution in [0.4, 0.5) is 5.82 Å². The molecule has 1 atom stereocenters. The fourth-order valence-electron chi connectivity index (χ4n) is 2.64. The molecule has 1 aromatic carbocycles. The topological polar surface area (TPSA) is 79.8 Å². The summed E-state index contributed by atoms with van der Waals surface area (Å²) in [4.78, 5) is 24.2. The van der Waals surface area contributed by atoms with E-state index in [9.17, 15) is 14.9 Å². The average Bonchev–Trinajstić information content (AvgIpc) is 2.53. The molecule has 6 heteroatoms. The van der Waals surface area contributed by atoms with Gasteiger partial charge in [-0.1, -0.05) is 18.2 Å². The van der Waals surface area contributed by atoms with Gasteiger partial charge in [0.05, 0.1) is 6.04 Å². The molecule has 2 aromatic rings. The molecule has 2 rings (SSSR count). The van der Waals surface area contributed by atoms with Gasteiger partial charge in [0.25, 0.3) is 5.56 Å². The minimum Gasteiger partial charge on any atom is -0.364 e. The summed E-state index contributed by atoms with van der Waals surface area (Å²) in [6.07, 6.45) is 0. The first-order valence-corrected chi connectivity index (χ1v) is 7.32. The van der Waals surface area contributed by atoms with Gasteiger partial charge in [-0.15, -0.1) is 0 Å². The smallest absolute Gasteiger partial charge is 0.332 e. The van der Waals surface area contributed by atoms with E-state index in [0.29, 0.717) is 0 Å². The Labute approximate surface area is 134 Å². The van der Waals surface area contributed by atoms with Gasteiger partial charge >= 0.3 is 5.69 Å². The predicted octanol–water partition coefficient (Wildman–Crippen LogP) is 1.75. The van der Waals surface area contributed by atoms with Crippen LogP contribution in [-0.4, -0.2) is 9.13 Å². The molecule has 1 N–H and O–H groups in total. The molecule has 0 amide bonds. The van der Waals surface area contributed by atoms with E-state index in [1.54, 1.807) is 7.05 Å². The van der Waals surface area contributed by atoms with Crippen molar-refractivity contribution in [3.8, 4) is 6.07 Å². The highest BCUT2D eigenvalue weighted by atomic mass is 16.2. The Morgan fingerprint density at radius 3 is 2.43 bits per heavy atom. The first kappa shape index (κ1) is 16.6. The first-order valence-electron chi connectivity index (χ1n) is 7.32. The maximum absolute atomic E-state index is 12.1. The molecule has 23 heavy (non-hydrogen) atoms. The molecule has 1 heterocycles. The van der Waals surface area contributed by atoms with E-state index in [1.165, 1.54) is 11.6 Å². The number of rotatable bonds is 3. The monoisotopic (exact) mass is 312 g/mol. The summed E-state index contributed by atoms with van der Waals surface area (Å²) < 4.78 is 2.23. The number of nitriles is 1. The third kappa shape index (κ3) is 2.78. The molecule has 120 valence electrons. The van der Waals surface area contributed by atoms with Crippen LogP contribution in [0.25, 0.3) is 0 Å². The lowest BCUT2D eigenvalue weighted by molar-refractivity contribution is 0.678. The zero-order valence-electron chi connectivity index (χ0n) is 14.0. The number of aromatic nitrogens is 2. The maximum atomic E-state index is 12.1. The van der Waals surface area contributed by atoms with Crippen molar-refractivity contribution in [3.05, 3.63) is 61.3 Å². The van der Waals surface area contributed by atoms with Crippen LogP contribution in [0, 0.1) is 25.2 Å². The molecule has 0 bridgehead atoms. The zero-order chi connectivity index (χ0) is 17.3. The van der Waals surface area contributed by atoms with Gasteiger partial charge in [-0.05, 0) is 37.5 Å². The lowest BCUT2D eigenvalue weighted by atomic mass is 9.98. The van der Waals surface area contributed by atoms with E-state index in [1.807, 2.05) is 45.0 Å². The second-order valence-corrected chi connectivity index (χ2v) is 5.70. The van der Waals surface area contributed by atoms with Crippen LogP contribution in [0.2, 0.25) is 0 Å². The Morgan fingerprint density at radius 1 is 1.17 bits per heavy atom. The summed E-state index contributed by atoms with van der Waals surface area (Å²) in [6.45, 7) is 5.99. The van der Waals surface area contributed by atoms with Gasteiger partial charge in [-0.3, -0.25) is 13.9 Å². The van der Waals surface area contributed by atoms with E-state index in [0.717, 1.165) is 21.3 Å². The third-order valence-corrected chi connectivity index (χ3v) is 4.24. The van der Waals surface area contributed by atoms with Gasteiger partial charge in [0, 0.05) is 14.1 Å². The van der Waals surface area contributed by atoms with Crippen molar-refractivity contribution in [1.29, 1.82) is 5.26 Å². The second-order valence-electron chi connectivity index (χ2n) is 5.70. The molecule has 0 saturated heterocycles. The highest BCUT2D eigenvalue weighted by Crippen LogP contribution is 2.24. The summed E-state index contributed by atoms with van der Waals surface area (Å²) >= 11 is 0. The molecule has 6 nitrogen and oxygen atoms in total. The minimum absolute atomic E-state index is 0.0632. The molecule has 1 aromatic heterocycles. The number of anilines is 1. The molecule has 0 saturated carbocycles. The minimum atomic E-state index is -0.591. The van der Waals surface area contributed by atoms with Crippen molar-refractivity contribution in [2.45, 2.75) is 26.8 Å². The highest BCUT2D eigenvalue weighted by molar-refractivity contribution is 5.53. The van der Waals surface area contributed by atoms with Gasteiger partial charge < -0.3 is 5.32 Å². The summed E-state index contributed by atoms with van der Waals surface area (Å²) in [6, 6.07) is 7.73. The number of aryl methyl sites for hydroxylation is 1. The molecule has 1 unspecified atom stereocenters. The average molecular weight is 312 g/mol. The highest BCUT2D eigenvalue weighted by Gasteiger charge is 2.18. The van der Waals surface area contributed by atoms with Crippen molar-refractivity contribution in [2.24, 2.45) is 14.1 Å². The molecule has 0 spiro atoms. The van der Waals surface area contributed by atoms with Crippen molar-refractivity contribution in [1.82, 2.24) is 9.13 Å². The van der Waals surface area contributed by atoms with Crippen LogP contribution >= 0.6 is 0 Å². The fraction of sp³-hybridized carbons (Fsp3) is 0.353.